The van der Waals surface area contributed by atoms with Gasteiger partial charge in [-0.15, -0.1) is 0 Å². The Hall–Kier alpha value is -1.64. The van der Waals surface area contributed by atoms with E-state index in [2.05, 4.69) is 31.0 Å². The number of hydrogen-bond donors (Lipinski definition) is 0. The zero-order valence-electron chi connectivity index (χ0n) is 10.8. The molecule has 0 radical (unpaired) electrons. The van der Waals surface area contributed by atoms with Crippen LogP contribution in [0.15, 0.2) is 23.0 Å². The van der Waals surface area contributed by atoms with Crippen LogP contribution in [0.3, 0.4) is 0 Å². The lowest BCUT2D eigenvalue weighted by Crippen LogP contribution is -2.23. The van der Waals surface area contributed by atoms with Gasteiger partial charge in [-0.2, -0.15) is 0 Å². The Morgan fingerprint density at radius 2 is 2.06 bits per heavy atom. The Bertz CT molecular complexity index is 611. The second-order valence-electron chi connectivity index (χ2n) is 4.65. The van der Waals surface area contributed by atoms with Crippen LogP contribution in [0.2, 0.25) is 0 Å². The molecule has 0 unspecified atom stereocenters. The summed E-state index contributed by atoms with van der Waals surface area (Å²) < 4.78 is 1.78. The summed E-state index contributed by atoms with van der Waals surface area (Å²) >= 11 is 0. The maximum absolute atomic E-state index is 11.9. The molecule has 0 aliphatic carbocycles. The maximum atomic E-state index is 11.9. The lowest BCUT2D eigenvalue weighted by molar-refractivity contribution is 0.743. The summed E-state index contributed by atoms with van der Waals surface area (Å²) in [6, 6.07) is 6.16. The van der Waals surface area contributed by atoms with E-state index in [1.807, 2.05) is 13.0 Å². The van der Waals surface area contributed by atoms with Crippen molar-refractivity contribution in [3.63, 3.8) is 0 Å². The minimum absolute atomic E-state index is 0.0114. The number of nitrogens with zero attached hydrogens (tertiary/aromatic N) is 2. The van der Waals surface area contributed by atoms with Crippen molar-refractivity contribution in [2.45, 2.75) is 40.2 Å². The van der Waals surface area contributed by atoms with Crippen molar-refractivity contribution in [1.29, 1.82) is 0 Å². The van der Waals surface area contributed by atoms with Gasteiger partial charge in [0.2, 0.25) is 0 Å². The minimum Gasteiger partial charge on any atom is -0.305 e. The minimum atomic E-state index is 0.0114. The first kappa shape index (κ1) is 11.8. The fraction of sp³-hybridized carbons (Fsp3) is 0.429. The van der Waals surface area contributed by atoms with E-state index in [0.29, 0.717) is 18.2 Å². The first-order valence-electron chi connectivity index (χ1n) is 6.05. The van der Waals surface area contributed by atoms with Crippen LogP contribution in [0.25, 0.3) is 11.0 Å². The summed E-state index contributed by atoms with van der Waals surface area (Å²) in [5, 5.41) is 0. The monoisotopic (exact) mass is 230 g/mol. The Balaban J connectivity index is 2.81. The third kappa shape index (κ3) is 1.97. The molecule has 2 rings (SSSR count). The largest absolute Gasteiger partial charge is 0.305 e. The van der Waals surface area contributed by atoms with Crippen molar-refractivity contribution < 1.29 is 0 Å². The summed E-state index contributed by atoms with van der Waals surface area (Å²) in [7, 11) is 0. The van der Waals surface area contributed by atoms with Crippen LogP contribution in [0.5, 0.6) is 0 Å². The Morgan fingerprint density at radius 1 is 1.35 bits per heavy atom. The predicted molar refractivity (Wildman–Crippen MR) is 70.5 cm³/mol. The van der Waals surface area contributed by atoms with Gasteiger partial charge in [0.25, 0.3) is 5.56 Å². The van der Waals surface area contributed by atoms with E-state index in [0.717, 1.165) is 11.0 Å². The molecule has 3 nitrogen and oxygen atoms in total. The fourth-order valence-electron chi connectivity index (χ4n) is 2.06. The molecule has 1 aromatic heterocycles. The lowest BCUT2D eigenvalue weighted by Gasteiger charge is -2.11. The van der Waals surface area contributed by atoms with Crippen molar-refractivity contribution in [3.8, 4) is 0 Å². The number of benzene rings is 1. The first-order valence-corrected chi connectivity index (χ1v) is 6.05. The van der Waals surface area contributed by atoms with Gasteiger partial charge in [0.05, 0.1) is 11.0 Å². The molecule has 0 saturated carbocycles. The molecule has 0 saturated heterocycles. The molecule has 0 atom stereocenters. The highest BCUT2D eigenvalue weighted by atomic mass is 16.1. The second kappa shape index (κ2) is 4.32. The van der Waals surface area contributed by atoms with Crippen molar-refractivity contribution in [2.75, 3.05) is 0 Å². The molecule has 1 aromatic carbocycles. The standard InChI is InChI=1S/C14H18N2O/c1-5-16-13-7-6-11(9(2)3)8-12(13)15-10(4)14(16)17/h6-9H,5H2,1-4H3. The highest BCUT2D eigenvalue weighted by molar-refractivity contribution is 5.75. The quantitative estimate of drug-likeness (QED) is 0.795. The van der Waals surface area contributed by atoms with Crippen molar-refractivity contribution in [1.82, 2.24) is 9.55 Å². The van der Waals surface area contributed by atoms with E-state index in [9.17, 15) is 4.79 Å². The van der Waals surface area contributed by atoms with E-state index in [-0.39, 0.29) is 5.56 Å². The second-order valence-corrected chi connectivity index (χ2v) is 4.65. The van der Waals surface area contributed by atoms with Gasteiger partial charge in [-0.05, 0) is 37.5 Å². The zero-order valence-corrected chi connectivity index (χ0v) is 10.8. The van der Waals surface area contributed by atoms with Gasteiger partial charge in [-0.3, -0.25) is 4.79 Å². The molecule has 0 fully saturated rings. The summed E-state index contributed by atoms with van der Waals surface area (Å²) in [5.74, 6) is 0.475. The molecule has 3 heteroatoms. The van der Waals surface area contributed by atoms with Crippen LogP contribution in [-0.2, 0) is 6.54 Å². The number of aromatic nitrogens is 2. The average Bonchev–Trinajstić information content (AvgIpc) is 2.30. The Kier molecular flexibility index (Phi) is 3.01. The normalized spacial score (nSPS) is 11.4. The molecule has 0 aliphatic heterocycles. The van der Waals surface area contributed by atoms with E-state index in [1.165, 1.54) is 5.56 Å². The number of aryl methyl sites for hydroxylation is 2. The van der Waals surface area contributed by atoms with E-state index >= 15 is 0 Å². The number of rotatable bonds is 2. The van der Waals surface area contributed by atoms with Crippen LogP contribution in [0.1, 0.15) is 37.9 Å². The van der Waals surface area contributed by atoms with Crippen LogP contribution >= 0.6 is 0 Å². The van der Waals surface area contributed by atoms with Gasteiger partial charge in [0.1, 0.15) is 5.69 Å². The fourth-order valence-corrected chi connectivity index (χ4v) is 2.06. The van der Waals surface area contributed by atoms with Crippen molar-refractivity contribution in [2.24, 2.45) is 0 Å². The Morgan fingerprint density at radius 3 is 2.65 bits per heavy atom. The van der Waals surface area contributed by atoms with E-state index < -0.39 is 0 Å². The number of hydrogen-bond acceptors (Lipinski definition) is 2. The molecule has 0 spiro atoms. The molecule has 17 heavy (non-hydrogen) atoms. The SMILES string of the molecule is CCn1c(=O)c(C)nc2cc(C(C)C)ccc21. The molecule has 1 heterocycles. The highest BCUT2D eigenvalue weighted by Crippen LogP contribution is 2.19. The average molecular weight is 230 g/mol. The lowest BCUT2D eigenvalue weighted by atomic mass is 10.0. The Labute approximate surface area is 101 Å². The molecular formula is C14H18N2O. The molecule has 0 amide bonds. The van der Waals surface area contributed by atoms with Crippen LogP contribution in [-0.4, -0.2) is 9.55 Å². The smallest absolute Gasteiger partial charge is 0.272 e. The van der Waals surface area contributed by atoms with Gasteiger partial charge in [0.15, 0.2) is 0 Å². The first-order chi connectivity index (χ1) is 8.04. The molecule has 0 aliphatic rings. The van der Waals surface area contributed by atoms with Crippen LogP contribution in [0, 0.1) is 6.92 Å². The van der Waals surface area contributed by atoms with Gasteiger partial charge in [-0.1, -0.05) is 19.9 Å². The van der Waals surface area contributed by atoms with Crippen LogP contribution in [0.4, 0.5) is 0 Å². The summed E-state index contributed by atoms with van der Waals surface area (Å²) in [4.78, 5) is 16.3. The summed E-state index contributed by atoms with van der Waals surface area (Å²) in [6.45, 7) is 8.75. The molecule has 2 aromatic rings. The molecule has 0 bridgehead atoms. The summed E-state index contributed by atoms with van der Waals surface area (Å²) in [6.07, 6.45) is 0. The topological polar surface area (TPSA) is 34.9 Å². The van der Waals surface area contributed by atoms with Crippen LogP contribution < -0.4 is 5.56 Å². The molecule has 0 N–H and O–H groups in total. The van der Waals surface area contributed by atoms with Crippen molar-refractivity contribution >= 4 is 11.0 Å². The van der Waals surface area contributed by atoms with E-state index in [1.54, 1.807) is 11.5 Å². The van der Waals surface area contributed by atoms with Gasteiger partial charge >= 0.3 is 0 Å². The zero-order chi connectivity index (χ0) is 12.6. The van der Waals surface area contributed by atoms with Gasteiger partial charge in [-0.25, -0.2) is 4.98 Å². The van der Waals surface area contributed by atoms with Gasteiger partial charge < -0.3 is 4.57 Å². The third-order valence-electron chi connectivity index (χ3n) is 3.12. The molecule has 90 valence electrons. The molecular weight excluding hydrogens is 212 g/mol. The highest BCUT2D eigenvalue weighted by Gasteiger charge is 2.08. The van der Waals surface area contributed by atoms with E-state index in [4.69, 9.17) is 0 Å². The number of fused-ring (bicyclic) bond motifs is 1. The predicted octanol–water partition coefficient (Wildman–Crippen LogP) is 2.85. The third-order valence-corrected chi connectivity index (χ3v) is 3.12. The summed E-state index contributed by atoms with van der Waals surface area (Å²) in [5.41, 5.74) is 3.67. The maximum Gasteiger partial charge on any atom is 0.272 e. The van der Waals surface area contributed by atoms with Gasteiger partial charge in [0, 0.05) is 6.54 Å². The van der Waals surface area contributed by atoms with Crippen molar-refractivity contribution in [3.05, 3.63) is 39.8 Å².